The fourth-order valence-corrected chi connectivity index (χ4v) is 7.93. The van der Waals surface area contributed by atoms with Crippen molar-refractivity contribution < 1.29 is 4.79 Å². The van der Waals surface area contributed by atoms with Crippen molar-refractivity contribution in [2.75, 3.05) is 0 Å². The zero-order chi connectivity index (χ0) is 19.0. The lowest BCUT2D eigenvalue weighted by Crippen LogP contribution is -2.72. The molecule has 2 heteroatoms. The van der Waals surface area contributed by atoms with Crippen LogP contribution in [0.25, 0.3) is 0 Å². The van der Waals surface area contributed by atoms with Crippen LogP contribution in [0.5, 0.6) is 0 Å². The molecule has 0 amide bonds. The molecule has 1 nitrogen and oxygen atoms in total. The first-order chi connectivity index (χ1) is 13.3. The molecule has 0 saturated heterocycles. The van der Waals surface area contributed by atoms with E-state index in [1.165, 1.54) is 0 Å². The van der Waals surface area contributed by atoms with Gasteiger partial charge in [-0.15, -0.1) is 0 Å². The van der Waals surface area contributed by atoms with Crippen molar-refractivity contribution in [3.63, 3.8) is 0 Å². The van der Waals surface area contributed by atoms with Gasteiger partial charge < -0.3 is 0 Å². The standard InChI is InChI=1S/C25H26OSi/c1-2-3-4-14-21-25(26)27(22-15-8-5-9-16-22,23-17-10-6-11-18-23)24-19-12-7-13-20-24/h5-21H,2-4H2,1H3. The normalized spacial score (nSPS) is 11.6. The Morgan fingerprint density at radius 1 is 0.741 bits per heavy atom. The molecule has 0 heterocycles. The first kappa shape index (κ1) is 19.1. The van der Waals surface area contributed by atoms with Gasteiger partial charge in [0, 0.05) is 0 Å². The van der Waals surface area contributed by atoms with Gasteiger partial charge in [0.25, 0.3) is 0 Å². The van der Waals surface area contributed by atoms with E-state index in [0.29, 0.717) is 0 Å². The molecule has 0 unspecified atom stereocenters. The average molecular weight is 371 g/mol. The van der Waals surface area contributed by atoms with Crippen molar-refractivity contribution in [1.29, 1.82) is 0 Å². The Morgan fingerprint density at radius 3 is 1.52 bits per heavy atom. The van der Waals surface area contributed by atoms with Crippen LogP contribution >= 0.6 is 0 Å². The number of rotatable bonds is 8. The average Bonchev–Trinajstić information content (AvgIpc) is 2.74. The highest BCUT2D eigenvalue weighted by atomic mass is 28.3. The van der Waals surface area contributed by atoms with Crippen LogP contribution in [0.2, 0.25) is 0 Å². The number of allylic oxidation sites excluding steroid dienone is 2. The molecule has 0 spiro atoms. The Balaban J connectivity index is 2.23. The van der Waals surface area contributed by atoms with E-state index in [1.807, 2.05) is 60.7 Å². The zero-order valence-corrected chi connectivity index (χ0v) is 16.8. The molecule has 0 atom stereocenters. The van der Waals surface area contributed by atoms with Crippen LogP contribution in [0, 0.1) is 0 Å². The van der Waals surface area contributed by atoms with Gasteiger partial charge in [-0.1, -0.05) is 117 Å². The van der Waals surface area contributed by atoms with Gasteiger partial charge in [-0.25, -0.2) is 0 Å². The van der Waals surface area contributed by atoms with Crippen LogP contribution in [0.1, 0.15) is 26.2 Å². The van der Waals surface area contributed by atoms with Crippen molar-refractivity contribution in [3.05, 3.63) is 103 Å². The van der Waals surface area contributed by atoms with E-state index in [2.05, 4.69) is 49.4 Å². The molecule has 27 heavy (non-hydrogen) atoms. The summed E-state index contributed by atoms with van der Waals surface area (Å²) in [6.07, 6.45) is 7.10. The lowest BCUT2D eigenvalue weighted by molar-refractivity contribution is -0.108. The number of carbonyl (C=O) groups is 1. The molecule has 0 aliphatic carbocycles. The maximum atomic E-state index is 13.8. The highest BCUT2D eigenvalue weighted by molar-refractivity contribution is 7.30. The Bertz CT molecular complexity index is 773. The summed E-state index contributed by atoms with van der Waals surface area (Å²) in [5.41, 5.74) is 0. The zero-order valence-electron chi connectivity index (χ0n) is 15.8. The first-order valence-corrected chi connectivity index (χ1v) is 11.7. The van der Waals surface area contributed by atoms with Gasteiger partial charge in [-0.3, -0.25) is 4.79 Å². The van der Waals surface area contributed by atoms with Crippen LogP contribution < -0.4 is 15.6 Å². The maximum Gasteiger partial charge on any atom is 0.229 e. The van der Waals surface area contributed by atoms with Crippen LogP contribution in [-0.2, 0) is 4.79 Å². The second-order valence-electron chi connectivity index (χ2n) is 6.76. The highest BCUT2D eigenvalue weighted by Crippen LogP contribution is 2.11. The van der Waals surface area contributed by atoms with E-state index in [-0.39, 0.29) is 5.41 Å². The third kappa shape index (κ3) is 4.01. The van der Waals surface area contributed by atoms with E-state index in [1.54, 1.807) is 0 Å². The largest absolute Gasteiger partial charge is 0.299 e. The fraction of sp³-hybridized carbons (Fsp3) is 0.160. The monoisotopic (exact) mass is 370 g/mol. The Hall–Kier alpha value is -2.71. The lowest BCUT2D eigenvalue weighted by atomic mass is 10.2. The van der Waals surface area contributed by atoms with E-state index >= 15 is 0 Å². The molecule has 0 saturated carbocycles. The Morgan fingerprint density at radius 2 is 1.15 bits per heavy atom. The predicted molar refractivity (Wildman–Crippen MR) is 118 cm³/mol. The van der Waals surface area contributed by atoms with Crippen molar-refractivity contribution in [1.82, 2.24) is 0 Å². The molecule has 0 bridgehead atoms. The van der Waals surface area contributed by atoms with Gasteiger partial charge in [-0.2, -0.15) is 0 Å². The molecule has 3 rings (SSSR count). The summed E-state index contributed by atoms with van der Waals surface area (Å²) in [5.74, 6) is 0. The Kier molecular flexibility index (Phi) is 6.56. The molecule has 0 aromatic heterocycles. The molecule has 0 radical (unpaired) electrons. The molecule has 0 N–H and O–H groups in total. The van der Waals surface area contributed by atoms with Crippen LogP contribution in [0.3, 0.4) is 0 Å². The molecular formula is C25H26OSi. The van der Waals surface area contributed by atoms with Gasteiger partial charge in [0.2, 0.25) is 8.07 Å². The van der Waals surface area contributed by atoms with Crippen molar-refractivity contribution in [2.24, 2.45) is 0 Å². The summed E-state index contributed by atoms with van der Waals surface area (Å²) in [7, 11) is -2.81. The molecule has 3 aromatic rings. The van der Waals surface area contributed by atoms with Gasteiger partial charge in [0.05, 0.1) is 0 Å². The van der Waals surface area contributed by atoms with Crippen LogP contribution in [0.15, 0.2) is 103 Å². The number of unbranched alkanes of at least 4 members (excludes halogenated alkanes) is 2. The summed E-state index contributed by atoms with van der Waals surface area (Å²) in [6, 6.07) is 31.0. The number of carbonyl (C=O) groups excluding carboxylic acids is 1. The topological polar surface area (TPSA) is 17.1 Å². The maximum absolute atomic E-state index is 13.8. The molecular weight excluding hydrogens is 344 g/mol. The number of hydrogen-bond acceptors (Lipinski definition) is 1. The minimum atomic E-state index is -2.81. The Labute approximate surface area is 163 Å². The molecule has 0 aliphatic rings. The third-order valence-electron chi connectivity index (χ3n) is 4.98. The van der Waals surface area contributed by atoms with Gasteiger partial charge in [-0.05, 0) is 28.1 Å². The van der Waals surface area contributed by atoms with Gasteiger partial charge in [0.15, 0.2) is 0 Å². The third-order valence-corrected chi connectivity index (χ3v) is 9.49. The lowest BCUT2D eigenvalue weighted by Gasteiger charge is -2.31. The minimum absolute atomic E-state index is 0.238. The fourth-order valence-electron chi connectivity index (χ4n) is 3.63. The van der Waals surface area contributed by atoms with Gasteiger partial charge >= 0.3 is 0 Å². The van der Waals surface area contributed by atoms with Crippen molar-refractivity contribution in [3.8, 4) is 0 Å². The predicted octanol–water partition coefficient (Wildman–Crippen LogP) is 4.01. The summed E-state index contributed by atoms with van der Waals surface area (Å²) in [6.45, 7) is 2.17. The summed E-state index contributed by atoms with van der Waals surface area (Å²) in [4.78, 5) is 13.8. The first-order valence-electron chi connectivity index (χ1n) is 9.67. The van der Waals surface area contributed by atoms with E-state index < -0.39 is 8.07 Å². The van der Waals surface area contributed by atoms with Crippen LogP contribution in [-0.4, -0.2) is 13.5 Å². The van der Waals surface area contributed by atoms with Crippen LogP contribution in [0.4, 0.5) is 0 Å². The SMILES string of the molecule is CCCCC=CC(=O)[Si](c1ccccc1)(c1ccccc1)c1ccccc1. The quantitative estimate of drug-likeness (QED) is 0.253. The van der Waals surface area contributed by atoms with E-state index in [0.717, 1.165) is 34.8 Å². The molecule has 136 valence electrons. The van der Waals surface area contributed by atoms with Gasteiger partial charge in [0.1, 0.15) is 5.41 Å². The number of hydrogen-bond donors (Lipinski definition) is 0. The molecule has 0 aliphatic heterocycles. The molecule has 3 aromatic carbocycles. The summed E-state index contributed by atoms with van der Waals surface area (Å²) < 4.78 is 0. The molecule has 0 fully saturated rings. The second kappa shape index (κ2) is 9.29. The van der Waals surface area contributed by atoms with Crippen molar-refractivity contribution >= 4 is 29.0 Å². The van der Waals surface area contributed by atoms with E-state index in [9.17, 15) is 4.79 Å². The smallest absolute Gasteiger partial charge is 0.229 e. The number of benzene rings is 3. The van der Waals surface area contributed by atoms with E-state index in [4.69, 9.17) is 0 Å². The summed E-state index contributed by atoms with van der Waals surface area (Å²) >= 11 is 0. The highest BCUT2D eigenvalue weighted by Gasteiger charge is 2.45. The summed E-state index contributed by atoms with van der Waals surface area (Å²) in [5, 5.41) is 3.63. The second-order valence-corrected chi connectivity index (χ2v) is 10.5. The minimum Gasteiger partial charge on any atom is -0.299 e. The van der Waals surface area contributed by atoms with Crippen molar-refractivity contribution in [2.45, 2.75) is 26.2 Å².